The van der Waals surface area contributed by atoms with Gasteiger partial charge in [0.1, 0.15) is 11.7 Å². The average Bonchev–Trinajstić information content (AvgIpc) is 3.34. The van der Waals surface area contributed by atoms with Crippen molar-refractivity contribution in [2.75, 3.05) is 5.32 Å². The highest BCUT2D eigenvalue weighted by atomic mass is 35.5. The van der Waals surface area contributed by atoms with Gasteiger partial charge in [-0.05, 0) is 30.2 Å². The summed E-state index contributed by atoms with van der Waals surface area (Å²) in [4.78, 5) is 46.8. The molecule has 0 radical (unpaired) electrons. The molecular formula is C21H18ClN5O3S. The monoisotopic (exact) mass is 455 g/mol. The molecule has 3 heterocycles. The topological polar surface area (TPSA) is 104 Å². The highest BCUT2D eigenvalue weighted by molar-refractivity contribution is 7.14. The molecule has 1 atom stereocenters. The summed E-state index contributed by atoms with van der Waals surface area (Å²) in [7, 11) is 0. The van der Waals surface area contributed by atoms with E-state index in [9.17, 15) is 14.4 Å². The number of pyridine rings is 1. The van der Waals surface area contributed by atoms with Gasteiger partial charge in [0.15, 0.2) is 5.13 Å². The van der Waals surface area contributed by atoms with E-state index in [1.165, 1.54) is 11.3 Å². The van der Waals surface area contributed by atoms with Crippen molar-refractivity contribution in [2.24, 2.45) is 0 Å². The molecule has 0 unspecified atom stereocenters. The van der Waals surface area contributed by atoms with Crippen molar-refractivity contribution in [3.05, 3.63) is 64.6 Å². The van der Waals surface area contributed by atoms with Crippen LogP contribution in [0.1, 0.15) is 18.4 Å². The van der Waals surface area contributed by atoms with Crippen LogP contribution in [0.2, 0.25) is 5.02 Å². The first-order chi connectivity index (χ1) is 15.0. The molecule has 2 aromatic heterocycles. The zero-order chi connectivity index (χ0) is 21.8. The van der Waals surface area contributed by atoms with Crippen molar-refractivity contribution in [1.29, 1.82) is 0 Å². The minimum atomic E-state index is -0.749. The molecule has 1 aliphatic heterocycles. The third-order valence-electron chi connectivity index (χ3n) is 4.73. The van der Waals surface area contributed by atoms with Crippen LogP contribution in [0.5, 0.6) is 0 Å². The summed E-state index contributed by atoms with van der Waals surface area (Å²) in [6, 6.07) is 11.3. The highest BCUT2D eigenvalue weighted by Gasteiger charge is 2.38. The summed E-state index contributed by atoms with van der Waals surface area (Å²) in [6.07, 6.45) is 1.93. The number of imide groups is 1. The predicted molar refractivity (Wildman–Crippen MR) is 118 cm³/mol. The predicted octanol–water partition coefficient (Wildman–Crippen LogP) is 3.70. The molecule has 4 amide bonds. The number of amides is 4. The number of urea groups is 1. The van der Waals surface area contributed by atoms with Crippen LogP contribution in [0.4, 0.5) is 9.93 Å². The van der Waals surface area contributed by atoms with Gasteiger partial charge >= 0.3 is 6.03 Å². The van der Waals surface area contributed by atoms with Crippen molar-refractivity contribution < 1.29 is 14.4 Å². The number of benzene rings is 1. The van der Waals surface area contributed by atoms with E-state index in [0.717, 1.165) is 10.6 Å². The number of hydrogen-bond acceptors (Lipinski definition) is 6. The minimum absolute atomic E-state index is 0.0646. The van der Waals surface area contributed by atoms with Crippen LogP contribution in [0.25, 0.3) is 11.4 Å². The smallest absolute Gasteiger partial charge is 0.325 e. The first-order valence-electron chi connectivity index (χ1n) is 9.53. The van der Waals surface area contributed by atoms with Crippen molar-refractivity contribution in [1.82, 2.24) is 20.2 Å². The molecular weight excluding hydrogens is 438 g/mol. The lowest BCUT2D eigenvalue weighted by molar-refractivity contribution is -0.128. The van der Waals surface area contributed by atoms with Gasteiger partial charge in [0.25, 0.3) is 5.91 Å². The second kappa shape index (κ2) is 9.23. The third kappa shape index (κ3) is 4.89. The molecule has 0 saturated carbocycles. The normalized spacial score (nSPS) is 15.8. The number of thiazole rings is 1. The fourth-order valence-corrected chi connectivity index (χ4v) is 4.06. The van der Waals surface area contributed by atoms with E-state index in [1.807, 2.05) is 23.6 Å². The molecule has 2 N–H and O–H groups in total. The number of hydrogen-bond donors (Lipinski definition) is 2. The van der Waals surface area contributed by atoms with Crippen LogP contribution in [-0.2, 0) is 16.1 Å². The van der Waals surface area contributed by atoms with Gasteiger partial charge in [-0.15, -0.1) is 11.3 Å². The van der Waals surface area contributed by atoms with E-state index in [1.54, 1.807) is 30.5 Å². The number of carbonyl (C=O) groups is 3. The van der Waals surface area contributed by atoms with E-state index in [0.29, 0.717) is 21.4 Å². The third-order valence-corrected chi connectivity index (χ3v) is 5.86. The molecule has 10 heteroatoms. The maximum Gasteiger partial charge on any atom is 0.325 e. The van der Waals surface area contributed by atoms with Gasteiger partial charge in [-0.1, -0.05) is 35.9 Å². The Morgan fingerprint density at radius 3 is 2.74 bits per heavy atom. The lowest BCUT2D eigenvalue weighted by Gasteiger charge is -2.14. The summed E-state index contributed by atoms with van der Waals surface area (Å²) in [5.74, 6) is -0.655. The second-order valence-electron chi connectivity index (χ2n) is 6.86. The van der Waals surface area contributed by atoms with Crippen LogP contribution in [-0.4, -0.2) is 38.8 Å². The fraction of sp³-hybridized carbons (Fsp3) is 0.190. The summed E-state index contributed by atoms with van der Waals surface area (Å²) in [6.45, 7) is 0.0858. The number of nitrogens with zero attached hydrogens (tertiary/aromatic N) is 3. The number of carbonyl (C=O) groups excluding carboxylic acids is 3. The quantitative estimate of drug-likeness (QED) is 0.528. The van der Waals surface area contributed by atoms with Gasteiger partial charge in [-0.3, -0.25) is 19.5 Å². The van der Waals surface area contributed by atoms with Crippen LogP contribution in [0.3, 0.4) is 0 Å². The standard InChI is InChI=1S/C21H18ClN5O3S/c22-14-6-2-1-5-13(14)11-27-19(29)16(25-21(27)30)8-9-18(28)26-20-24-17(12-31-20)15-7-3-4-10-23-15/h1-7,10,12,16H,8-9,11H2,(H,25,30)(H,24,26,28)/t16-/m0/s1. The molecule has 1 aliphatic rings. The first-order valence-corrected chi connectivity index (χ1v) is 10.8. The summed E-state index contributed by atoms with van der Waals surface area (Å²) in [5.41, 5.74) is 2.07. The zero-order valence-corrected chi connectivity index (χ0v) is 17.8. The Morgan fingerprint density at radius 1 is 1.16 bits per heavy atom. The number of rotatable bonds is 7. The number of nitrogens with one attached hydrogen (secondary N) is 2. The molecule has 158 valence electrons. The van der Waals surface area contributed by atoms with Crippen LogP contribution < -0.4 is 10.6 Å². The highest BCUT2D eigenvalue weighted by Crippen LogP contribution is 2.24. The van der Waals surface area contributed by atoms with Gasteiger partial charge < -0.3 is 10.6 Å². The van der Waals surface area contributed by atoms with E-state index in [4.69, 9.17) is 11.6 Å². The maximum atomic E-state index is 12.6. The lowest BCUT2D eigenvalue weighted by Crippen LogP contribution is -2.31. The van der Waals surface area contributed by atoms with E-state index in [-0.39, 0.29) is 31.2 Å². The van der Waals surface area contributed by atoms with Gasteiger partial charge in [0.05, 0.1) is 12.2 Å². The molecule has 31 heavy (non-hydrogen) atoms. The van der Waals surface area contributed by atoms with Crippen molar-refractivity contribution in [3.8, 4) is 11.4 Å². The van der Waals surface area contributed by atoms with Crippen molar-refractivity contribution in [3.63, 3.8) is 0 Å². The Kier molecular flexibility index (Phi) is 6.24. The average molecular weight is 456 g/mol. The van der Waals surface area contributed by atoms with Crippen LogP contribution in [0, 0.1) is 0 Å². The lowest BCUT2D eigenvalue weighted by atomic mass is 10.1. The molecule has 8 nitrogen and oxygen atoms in total. The van der Waals surface area contributed by atoms with Gasteiger partial charge in [0.2, 0.25) is 5.91 Å². The van der Waals surface area contributed by atoms with E-state index < -0.39 is 12.1 Å². The van der Waals surface area contributed by atoms with Crippen molar-refractivity contribution >= 4 is 45.9 Å². The fourth-order valence-electron chi connectivity index (χ4n) is 3.14. The zero-order valence-electron chi connectivity index (χ0n) is 16.2. The Hall–Kier alpha value is -3.30. The van der Waals surface area contributed by atoms with E-state index in [2.05, 4.69) is 20.6 Å². The largest absolute Gasteiger partial charge is 0.326 e. The van der Waals surface area contributed by atoms with E-state index >= 15 is 0 Å². The summed E-state index contributed by atoms with van der Waals surface area (Å²) in [5, 5.41) is 8.11. The Morgan fingerprint density at radius 2 is 1.97 bits per heavy atom. The van der Waals surface area contributed by atoms with Crippen LogP contribution in [0.15, 0.2) is 54.0 Å². The molecule has 0 aliphatic carbocycles. The Bertz CT molecular complexity index is 1120. The Labute approximate surface area is 187 Å². The minimum Gasteiger partial charge on any atom is -0.326 e. The first kappa shape index (κ1) is 21.0. The molecule has 1 saturated heterocycles. The van der Waals surface area contributed by atoms with Crippen molar-refractivity contribution in [2.45, 2.75) is 25.4 Å². The Balaban J connectivity index is 1.31. The molecule has 4 rings (SSSR count). The number of aromatic nitrogens is 2. The molecule has 1 fully saturated rings. The molecule has 3 aromatic rings. The summed E-state index contributed by atoms with van der Waals surface area (Å²) >= 11 is 7.42. The SMILES string of the molecule is O=C(CC[C@@H]1NC(=O)N(Cc2ccccc2Cl)C1=O)Nc1nc(-c2ccccn2)cs1. The maximum absolute atomic E-state index is 12.6. The molecule has 1 aromatic carbocycles. The molecule has 0 bridgehead atoms. The molecule has 0 spiro atoms. The summed E-state index contributed by atoms with van der Waals surface area (Å²) < 4.78 is 0. The number of anilines is 1. The van der Waals surface area contributed by atoms with Gasteiger partial charge in [0, 0.05) is 23.0 Å². The second-order valence-corrected chi connectivity index (χ2v) is 8.12. The van der Waals surface area contributed by atoms with Crippen LogP contribution >= 0.6 is 22.9 Å². The van der Waals surface area contributed by atoms with Gasteiger partial charge in [-0.25, -0.2) is 9.78 Å². The van der Waals surface area contributed by atoms with Gasteiger partial charge in [-0.2, -0.15) is 0 Å². The number of halogens is 1.